The number of anilines is 1. The summed E-state index contributed by atoms with van der Waals surface area (Å²) in [5.41, 5.74) is 6.53. The van der Waals surface area contributed by atoms with Gasteiger partial charge in [0.25, 0.3) is 0 Å². The molecule has 26 heavy (non-hydrogen) atoms. The van der Waals surface area contributed by atoms with Crippen molar-refractivity contribution in [2.24, 2.45) is 11.7 Å². The predicted molar refractivity (Wildman–Crippen MR) is 102 cm³/mol. The van der Waals surface area contributed by atoms with Crippen LogP contribution in [-0.2, 0) is 0 Å². The maximum absolute atomic E-state index is 13.8. The van der Waals surface area contributed by atoms with Gasteiger partial charge in [-0.1, -0.05) is 16.8 Å². The molecular weight excluding hydrogens is 355 g/mol. The minimum absolute atomic E-state index is 0.0636. The van der Waals surface area contributed by atoms with Gasteiger partial charge in [-0.2, -0.15) is 0 Å². The molecule has 1 aromatic carbocycles. The van der Waals surface area contributed by atoms with Crippen LogP contribution in [0, 0.1) is 11.7 Å². The van der Waals surface area contributed by atoms with Crippen LogP contribution in [0.15, 0.2) is 16.7 Å². The molecule has 2 aromatic rings. The van der Waals surface area contributed by atoms with E-state index in [2.05, 4.69) is 15.0 Å². The minimum atomic E-state index is -0.436. The van der Waals surface area contributed by atoms with Crippen molar-refractivity contribution in [1.29, 1.82) is 0 Å². The van der Waals surface area contributed by atoms with Gasteiger partial charge in [0, 0.05) is 38.3 Å². The number of hydrogen-bond donors (Lipinski definition) is 1. The third-order valence-electron chi connectivity index (χ3n) is 5.91. The first-order valence-electron chi connectivity index (χ1n) is 9.57. The van der Waals surface area contributed by atoms with E-state index in [1.54, 1.807) is 0 Å². The van der Waals surface area contributed by atoms with Crippen LogP contribution in [0.1, 0.15) is 32.1 Å². The number of aromatic nitrogens is 1. The number of fused-ring (bicyclic) bond motifs is 1. The Morgan fingerprint density at radius 1 is 1.15 bits per heavy atom. The Hall–Kier alpha value is -1.37. The second kappa shape index (κ2) is 7.71. The van der Waals surface area contributed by atoms with E-state index in [0.29, 0.717) is 17.0 Å². The maximum atomic E-state index is 13.8. The third-order valence-corrected chi connectivity index (χ3v) is 6.20. The molecule has 0 spiro atoms. The van der Waals surface area contributed by atoms with Gasteiger partial charge in [0.05, 0.1) is 10.4 Å². The number of piperazine rings is 1. The lowest BCUT2D eigenvalue weighted by Gasteiger charge is -2.36. The van der Waals surface area contributed by atoms with Crippen molar-refractivity contribution in [3.8, 4) is 0 Å². The molecule has 1 aromatic heterocycles. The first kappa shape index (κ1) is 18.0. The zero-order valence-electron chi connectivity index (χ0n) is 15.0. The van der Waals surface area contributed by atoms with Crippen molar-refractivity contribution in [2.75, 3.05) is 37.6 Å². The first-order chi connectivity index (χ1) is 12.6. The lowest BCUT2D eigenvalue weighted by Crippen LogP contribution is -2.47. The molecule has 0 atom stereocenters. The Balaban J connectivity index is 1.32. The van der Waals surface area contributed by atoms with Crippen LogP contribution >= 0.6 is 11.6 Å². The van der Waals surface area contributed by atoms with E-state index in [1.165, 1.54) is 44.2 Å². The van der Waals surface area contributed by atoms with E-state index in [4.69, 9.17) is 21.9 Å². The zero-order chi connectivity index (χ0) is 18.1. The monoisotopic (exact) mass is 380 g/mol. The van der Waals surface area contributed by atoms with Crippen molar-refractivity contribution in [3.63, 3.8) is 0 Å². The van der Waals surface area contributed by atoms with Gasteiger partial charge < -0.3 is 15.2 Å². The molecule has 2 N–H and O–H groups in total. The lowest BCUT2D eigenvalue weighted by atomic mass is 9.84. The van der Waals surface area contributed by atoms with E-state index in [1.807, 2.05) is 0 Å². The maximum Gasteiger partial charge on any atom is 0.180 e. The fraction of sp³-hybridized carbons (Fsp3) is 0.632. The highest BCUT2D eigenvalue weighted by Crippen LogP contribution is 2.31. The molecule has 1 saturated heterocycles. The van der Waals surface area contributed by atoms with Gasteiger partial charge in [-0.15, -0.1) is 0 Å². The summed E-state index contributed by atoms with van der Waals surface area (Å²) in [5.74, 6) is 1.12. The number of nitrogens with two attached hydrogens (primary N) is 1. The van der Waals surface area contributed by atoms with Crippen molar-refractivity contribution < 1.29 is 8.91 Å². The quantitative estimate of drug-likeness (QED) is 0.877. The molecular formula is C19H26ClFN4O. The van der Waals surface area contributed by atoms with E-state index >= 15 is 0 Å². The molecule has 0 unspecified atom stereocenters. The van der Waals surface area contributed by atoms with Crippen molar-refractivity contribution in [2.45, 2.75) is 38.1 Å². The summed E-state index contributed by atoms with van der Waals surface area (Å²) in [5, 5.41) is 4.91. The largest absolute Gasteiger partial charge is 0.354 e. The second-order valence-electron chi connectivity index (χ2n) is 7.67. The Morgan fingerprint density at radius 2 is 1.88 bits per heavy atom. The van der Waals surface area contributed by atoms with Gasteiger partial charge in [-0.25, -0.2) is 4.39 Å². The van der Waals surface area contributed by atoms with Gasteiger partial charge in [-0.3, -0.25) is 4.90 Å². The van der Waals surface area contributed by atoms with Gasteiger partial charge in [0.2, 0.25) is 0 Å². The standard InChI is InChI=1S/C19H26ClFN4O/c20-16-12-18-15(11-17(16)21)19(23-26-18)25-9-7-24(8-10-25)6-5-13-1-3-14(22)4-2-13/h11-14H,1-10,22H2/t13-,14-. The molecule has 7 heteroatoms. The van der Waals surface area contributed by atoms with Crippen LogP contribution in [0.5, 0.6) is 0 Å². The van der Waals surface area contributed by atoms with E-state index < -0.39 is 5.82 Å². The molecule has 0 radical (unpaired) electrons. The molecule has 0 bridgehead atoms. The summed E-state index contributed by atoms with van der Waals surface area (Å²) in [7, 11) is 0. The molecule has 2 aliphatic rings. The molecule has 1 aliphatic carbocycles. The van der Waals surface area contributed by atoms with Crippen LogP contribution in [0.2, 0.25) is 5.02 Å². The Kier molecular flexibility index (Phi) is 5.34. The smallest absolute Gasteiger partial charge is 0.180 e. The number of rotatable bonds is 4. The average molecular weight is 381 g/mol. The summed E-state index contributed by atoms with van der Waals surface area (Å²) < 4.78 is 19.1. The fourth-order valence-electron chi connectivity index (χ4n) is 4.17. The van der Waals surface area contributed by atoms with Crippen molar-refractivity contribution >= 4 is 28.4 Å². The first-order valence-corrected chi connectivity index (χ1v) is 9.95. The molecule has 5 nitrogen and oxygen atoms in total. The van der Waals surface area contributed by atoms with E-state index in [9.17, 15) is 4.39 Å². The van der Waals surface area contributed by atoms with Crippen LogP contribution < -0.4 is 10.6 Å². The molecule has 1 saturated carbocycles. The fourth-order valence-corrected chi connectivity index (χ4v) is 4.33. The Morgan fingerprint density at radius 3 is 2.62 bits per heavy atom. The molecule has 1 aliphatic heterocycles. The zero-order valence-corrected chi connectivity index (χ0v) is 15.7. The highest BCUT2D eigenvalue weighted by atomic mass is 35.5. The Bertz CT molecular complexity index is 751. The SMILES string of the molecule is N[C@H]1CC[C@H](CCN2CCN(c3noc4cc(Cl)c(F)cc34)CC2)CC1. The lowest BCUT2D eigenvalue weighted by molar-refractivity contribution is 0.216. The topological polar surface area (TPSA) is 58.5 Å². The molecule has 2 heterocycles. The molecule has 4 rings (SSSR count). The third kappa shape index (κ3) is 3.82. The Labute approximate surface area is 158 Å². The molecule has 2 fully saturated rings. The second-order valence-corrected chi connectivity index (χ2v) is 8.07. The summed E-state index contributed by atoms with van der Waals surface area (Å²) in [4.78, 5) is 4.69. The summed E-state index contributed by atoms with van der Waals surface area (Å²) >= 11 is 5.82. The van der Waals surface area contributed by atoms with Crippen LogP contribution in [0.3, 0.4) is 0 Å². The predicted octanol–water partition coefficient (Wildman–Crippen LogP) is 3.65. The molecule has 142 valence electrons. The van der Waals surface area contributed by atoms with Gasteiger partial charge in [0.15, 0.2) is 11.4 Å². The summed E-state index contributed by atoms with van der Waals surface area (Å²) in [6.45, 7) is 4.90. The van der Waals surface area contributed by atoms with E-state index in [0.717, 1.165) is 44.5 Å². The highest BCUT2D eigenvalue weighted by Gasteiger charge is 2.24. The number of halogens is 2. The highest BCUT2D eigenvalue weighted by molar-refractivity contribution is 6.31. The van der Waals surface area contributed by atoms with Crippen LogP contribution in [-0.4, -0.2) is 48.8 Å². The summed E-state index contributed by atoms with van der Waals surface area (Å²) in [6.07, 6.45) is 6.18. The number of nitrogens with zero attached hydrogens (tertiary/aromatic N) is 3. The normalized spacial score (nSPS) is 25.1. The van der Waals surface area contributed by atoms with Crippen molar-refractivity contribution in [3.05, 3.63) is 23.0 Å². The average Bonchev–Trinajstić information content (AvgIpc) is 3.05. The van der Waals surface area contributed by atoms with Gasteiger partial charge >= 0.3 is 0 Å². The molecule has 0 amide bonds. The van der Waals surface area contributed by atoms with E-state index in [-0.39, 0.29) is 5.02 Å². The summed E-state index contributed by atoms with van der Waals surface area (Å²) in [6, 6.07) is 3.34. The van der Waals surface area contributed by atoms with Crippen LogP contribution in [0.4, 0.5) is 10.2 Å². The minimum Gasteiger partial charge on any atom is -0.354 e. The number of benzene rings is 1. The van der Waals surface area contributed by atoms with Gasteiger partial charge in [0.1, 0.15) is 5.82 Å². The van der Waals surface area contributed by atoms with Crippen molar-refractivity contribution in [1.82, 2.24) is 10.1 Å². The van der Waals surface area contributed by atoms with Crippen LogP contribution in [0.25, 0.3) is 11.0 Å². The number of hydrogen-bond acceptors (Lipinski definition) is 5. The van der Waals surface area contributed by atoms with Gasteiger partial charge in [-0.05, 0) is 50.6 Å².